The topological polar surface area (TPSA) is 20.2 Å². The third kappa shape index (κ3) is 3.60. The van der Waals surface area contributed by atoms with Crippen molar-refractivity contribution in [1.29, 1.82) is 0 Å². The molecule has 0 bridgehead atoms. The van der Waals surface area contributed by atoms with E-state index in [4.69, 9.17) is 0 Å². The molecule has 4 aliphatic carbocycles. The van der Waals surface area contributed by atoms with Crippen LogP contribution >= 0.6 is 0 Å². The van der Waals surface area contributed by atoms with Crippen LogP contribution in [0, 0.1) is 64.1 Å². The van der Waals surface area contributed by atoms with Crippen LogP contribution in [-0.2, 0) is 0 Å². The van der Waals surface area contributed by atoms with Gasteiger partial charge in [-0.05, 0) is 98.2 Å². The van der Waals surface area contributed by atoms with Crippen molar-refractivity contribution in [2.24, 2.45) is 52.3 Å². The highest BCUT2D eigenvalue weighted by Crippen LogP contribution is 2.66. The van der Waals surface area contributed by atoms with Crippen LogP contribution in [0.25, 0.3) is 0 Å². The minimum absolute atomic E-state index is 0.0556. The van der Waals surface area contributed by atoms with E-state index in [-0.39, 0.29) is 6.10 Å². The molecule has 0 aromatic rings. The van der Waals surface area contributed by atoms with E-state index < -0.39 is 0 Å². The van der Waals surface area contributed by atoms with E-state index in [0.29, 0.717) is 34.5 Å². The van der Waals surface area contributed by atoms with Gasteiger partial charge in [-0.1, -0.05) is 65.0 Å². The van der Waals surface area contributed by atoms with Crippen molar-refractivity contribution in [1.82, 2.24) is 0 Å². The molecule has 1 heteroatoms. The zero-order chi connectivity index (χ0) is 21.7. The van der Waals surface area contributed by atoms with Crippen molar-refractivity contribution in [3.8, 4) is 11.8 Å². The highest BCUT2D eigenvalue weighted by molar-refractivity contribution is 5.28. The summed E-state index contributed by atoms with van der Waals surface area (Å²) in [6.07, 6.45) is 13.7. The summed E-state index contributed by atoms with van der Waals surface area (Å²) in [7, 11) is 0. The van der Waals surface area contributed by atoms with Crippen molar-refractivity contribution < 1.29 is 5.11 Å². The van der Waals surface area contributed by atoms with Gasteiger partial charge in [0.05, 0.1) is 6.10 Å². The number of hydrogen-bond donors (Lipinski definition) is 1. The molecule has 4 rings (SSSR count). The predicted molar refractivity (Wildman–Crippen MR) is 127 cm³/mol. The largest absolute Gasteiger partial charge is 0.393 e. The summed E-state index contributed by atoms with van der Waals surface area (Å²) in [6.45, 7) is 14.5. The van der Waals surface area contributed by atoms with Crippen molar-refractivity contribution in [2.75, 3.05) is 0 Å². The van der Waals surface area contributed by atoms with Crippen LogP contribution in [0.5, 0.6) is 0 Å². The van der Waals surface area contributed by atoms with Gasteiger partial charge < -0.3 is 5.11 Å². The van der Waals surface area contributed by atoms with Crippen LogP contribution in [0.1, 0.15) is 99.3 Å². The Hall–Kier alpha value is -0.740. The average Bonchev–Trinajstić information content (AvgIpc) is 3.06. The highest BCUT2D eigenvalue weighted by Gasteiger charge is 2.58. The van der Waals surface area contributed by atoms with Crippen LogP contribution in [0.3, 0.4) is 0 Å². The van der Waals surface area contributed by atoms with Crippen molar-refractivity contribution in [2.45, 2.75) is 105 Å². The molecule has 0 aromatic carbocycles. The van der Waals surface area contributed by atoms with Crippen LogP contribution in [-0.4, -0.2) is 11.2 Å². The quantitative estimate of drug-likeness (QED) is 0.384. The Morgan fingerprint density at radius 1 is 1.00 bits per heavy atom. The number of allylic oxidation sites excluding steroid dienone is 2. The molecular weight excluding hydrogens is 364 g/mol. The molecule has 168 valence electrons. The Kier molecular flexibility index (Phi) is 6.22. The van der Waals surface area contributed by atoms with E-state index >= 15 is 0 Å². The summed E-state index contributed by atoms with van der Waals surface area (Å²) in [5, 5.41) is 10.3. The fourth-order valence-electron chi connectivity index (χ4n) is 8.43. The third-order valence-electron chi connectivity index (χ3n) is 10.5. The number of hydrogen-bond acceptors (Lipinski definition) is 1. The van der Waals surface area contributed by atoms with Gasteiger partial charge in [0, 0.05) is 11.8 Å². The third-order valence-corrected chi connectivity index (χ3v) is 10.5. The number of fused-ring (bicyclic) bond motifs is 5. The maximum absolute atomic E-state index is 10.3. The Balaban J connectivity index is 1.55. The SMILES string of the molecule is CC[C@@H](C#C[C@@H](C)[C@H]1CC[C@H]2C3=CC[C@H]4C[C@@H](O)CC[C@]4(C)[C@H]3CC[C@]12C)C(C)C. The molecule has 3 saturated carbocycles. The zero-order valence-electron chi connectivity index (χ0n) is 20.5. The van der Waals surface area contributed by atoms with Crippen molar-refractivity contribution in [3.05, 3.63) is 11.6 Å². The highest BCUT2D eigenvalue weighted by atomic mass is 16.3. The van der Waals surface area contributed by atoms with Gasteiger partial charge >= 0.3 is 0 Å². The molecule has 9 atom stereocenters. The molecule has 4 aliphatic rings. The first-order valence-electron chi connectivity index (χ1n) is 13.1. The molecule has 30 heavy (non-hydrogen) atoms. The first-order valence-corrected chi connectivity index (χ1v) is 13.1. The molecule has 3 fully saturated rings. The molecule has 0 unspecified atom stereocenters. The van der Waals surface area contributed by atoms with Gasteiger partial charge in [-0.2, -0.15) is 0 Å². The van der Waals surface area contributed by atoms with Gasteiger partial charge in [0.15, 0.2) is 0 Å². The lowest BCUT2D eigenvalue weighted by Gasteiger charge is -2.57. The molecular formula is C29H46O. The lowest BCUT2D eigenvalue weighted by atomic mass is 9.47. The van der Waals surface area contributed by atoms with Gasteiger partial charge in [-0.3, -0.25) is 0 Å². The fraction of sp³-hybridized carbons (Fsp3) is 0.862. The molecule has 0 spiro atoms. The van der Waals surface area contributed by atoms with E-state index in [0.717, 1.165) is 30.6 Å². The summed E-state index contributed by atoms with van der Waals surface area (Å²) in [5.74, 6) is 12.1. The number of rotatable bonds is 3. The van der Waals surface area contributed by atoms with E-state index in [1.54, 1.807) is 0 Å². The molecule has 1 nitrogen and oxygen atoms in total. The lowest BCUT2D eigenvalue weighted by molar-refractivity contribution is -0.0412. The molecule has 0 saturated heterocycles. The van der Waals surface area contributed by atoms with E-state index in [2.05, 4.69) is 59.5 Å². The maximum atomic E-state index is 10.3. The monoisotopic (exact) mass is 410 g/mol. The van der Waals surface area contributed by atoms with Crippen LogP contribution in [0.15, 0.2) is 11.6 Å². The Morgan fingerprint density at radius 2 is 1.70 bits per heavy atom. The number of aliphatic hydroxyl groups excluding tert-OH is 1. The zero-order valence-corrected chi connectivity index (χ0v) is 20.5. The van der Waals surface area contributed by atoms with Crippen LogP contribution in [0.2, 0.25) is 0 Å². The lowest BCUT2D eigenvalue weighted by Crippen LogP contribution is -2.49. The number of aliphatic hydroxyl groups is 1. The smallest absolute Gasteiger partial charge is 0.0543 e. The second-order valence-corrected chi connectivity index (χ2v) is 12.2. The normalized spacial score (nSPS) is 44.8. The van der Waals surface area contributed by atoms with E-state index in [9.17, 15) is 5.11 Å². The summed E-state index contributed by atoms with van der Waals surface area (Å²) in [4.78, 5) is 0. The molecule has 0 aromatic heterocycles. The summed E-state index contributed by atoms with van der Waals surface area (Å²) in [5.41, 5.74) is 2.70. The van der Waals surface area contributed by atoms with Crippen LogP contribution in [0.4, 0.5) is 0 Å². The van der Waals surface area contributed by atoms with Gasteiger partial charge in [0.25, 0.3) is 0 Å². The van der Waals surface area contributed by atoms with E-state index in [1.165, 1.54) is 44.9 Å². The summed E-state index contributed by atoms with van der Waals surface area (Å²) < 4.78 is 0. The first-order chi connectivity index (χ1) is 14.2. The van der Waals surface area contributed by atoms with Gasteiger partial charge in [-0.25, -0.2) is 0 Å². The van der Waals surface area contributed by atoms with Crippen molar-refractivity contribution in [3.63, 3.8) is 0 Å². The van der Waals surface area contributed by atoms with Gasteiger partial charge in [0.2, 0.25) is 0 Å². The summed E-state index contributed by atoms with van der Waals surface area (Å²) >= 11 is 0. The van der Waals surface area contributed by atoms with Crippen LogP contribution < -0.4 is 0 Å². The minimum atomic E-state index is -0.0556. The predicted octanol–water partition coefficient (Wildman–Crippen LogP) is 7.25. The molecule has 0 amide bonds. The minimum Gasteiger partial charge on any atom is -0.393 e. The average molecular weight is 411 g/mol. The first kappa shape index (κ1) is 22.5. The van der Waals surface area contributed by atoms with Crippen molar-refractivity contribution >= 4 is 0 Å². The standard InChI is InChI=1S/C29H46O/c1-7-21(19(2)3)9-8-20(4)25-12-13-26-24-11-10-22-18-23(30)14-16-28(22,5)27(24)15-17-29(25,26)6/h11,19-23,25-27,30H,7,10,12-18H2,1-6H3/t20-,21+,22+,23+,25-,26+,27+,28+,29-/m1/s1. The second kappa shape index (κ2) is 8.31. The molecule has 0 radical (unpaired) electrons. The molecule has 0 aliphatic heterocycles. The Labute approximate surface area is 186 Å². The summed E-state index contributed by atoms with van der Waals surface area (Å²) in [6, 6.07) is 0. The van der Waals surface area contributed by atoms with Gasteiger partial charge in [0.1, 0.15) is 0 Å². The molecule has 0 heterocycles. The Morgan fingerprint density at radius 3 is 2.40 bits per heavy atom. The van der Waals surface area contributed by atoms with E-state index in [1.807, 2.05) is 5.57 Å². The maximum Gasteiger partial charge on any atom is 0.0543 e. The fourth-order valence-corrected chi connectivity index (χ4v) is 8.43. The molecule has 1 N–H and O–H groups in total. The van der Waals surface area contributed by atoms with Gasteiger partial charge in [-0.15, -0.1) is 0 Å². The second-order valence-electron chi connectivity index (χ2n) is 12.2. The Bertz CT molecular complexity index is 722.